The predicted octanol–water partition coefficient (Wildman–Crippen LogP) is 8.67. The number of hydrogen-bond donors (Lipinski definition) is 3. The number of methoxy groups -OCH3 is 1. The molecular formula is C44H56ClN6O7S+. The number of hydrogen-bond acceptors (Lipinski definition) is 8. The highest BCUT2D eigenvalue weighted by atomic mass is 35.5. The maximum Gasteiger partial charge on any atom is 0.355 e. The Hall–Kier alpha value is -4.79. The number of unbranched alkanes of at least 4 members (excludes halogenated alkanes) is 2. The van der Waals surface area contributed by atoms with E-state index in [1.807, 2.05) is 6.92 Å². The predicted molar refractivity (Wildman–Crippen MR) is 229 cm³/mol. The van der Waals surface area contributed by atoms with Crippen LogP contribution in [0.4, 0.5) is 21.9 Å². The minimum absolute atomic E-state index is 0.0409. The number of anilines is 2. The number of benzene rings is 3. The number of nitrogens with zero attached hydrogens (tertiary/aromatic N) is 3. The number of halogens is 1. The number of nitrogens with one attached hydrogen (secondary N) is 3. The van der Waals surface area contributed by atoms with Gasteiger partial charge in [0, 0.05) is 18.5 Å². The van der Waals surface area contributed by atoms with E-state index in [1.165, 1.54) is 37.4 Å². The van der Waals surface area contributed by atoms with Crippen molar-refractivity contribution in [3.8, 4) is 5.75 Å². The van der Waals surface area contributed by atoms with Gasteiger partial charge in [0.15, 0.2) is 5.54 Å². The van der Waals surface area contributed by atoms with Crippen molar-refractivity contribution in [2.45, 2.75) is 115 Å². The van der Waals surface area contributed by atoms with Crippen LogP contribution in [-0.2, 0) is 19.6 Å². The molecule has 2 fully saturated rings. The molecule has 3 aromatic rings. The highest BCUT2D eigenvalue weighted by molar-refractivity contribution is 7.92. The van der Waals surface area contributed by atoms with Crippen LogP contribution in [0.3, 0.4) is 0 Å². The van der Waals surface area contributed by atoms with Gasteiger partial charge in [0.05, 0.1) is 23.5 Å². The number of amides is 5. The normalized spacial score (nSPS) is 21.7. The van der Waals surface area contributed by atoms with Crippen LogP contribution in [0.5, 0.6) is 5.75 Å². The molecule has 0 radical (unpaired) electrons. The van der Waals surface area contributed by atoms with E-state index >= 15 is 4.79 Å². The van der Waals surface area contributed by atoms with E-state index in [4.69, 9.17) is 21.3 Å². The topological polar surface area (TPSA) is 163 Å². The Balaban J connectivity index is 1.53. The van der Waals surface area contributed by atoms with Crippen LogP contribution in [-0.4, -0.2) is 78.7 Å². The van der Waals surface area contributed by atoms with Crippen molar-refractivity contribution in [3.63, 3.8) is 0 Å². The van der Waals surface area contributed by atoms with Crippen molar-refractivity contribution < 1.29 is 36.8 Å². The van der Waals surface area contributed by atoms with E-state index in [-0.39, 0.29) is 55.5 Å². The van der Waals surface area contributed by atoms with Gasteiger partial charge in [-0.3, -0.25) is 14.3 Å². The highest BCUT2D eigenvalue weighted by Gasteiger charge is 2.79. The zero-order valence-electron chi connectivity index (χ0n) is 34.7. The Morgan fingerprint density at radius 3 is 2.39 bits per heavy atom. The van der Waals surface area contributed by atoms with Gasteiger partial charge in [0.25, 0.3) is 21.8 Å². The lowest BCUT2D eigenvalue weighted by Crippen LogP contribution is -2.62. The molecule has 316 valence electrons. The average molecular weight is 848 g/mol. The standard InChI is InChI=1S/C44H55ClN6O7S/c1-7-8-17-35-41(53)50(43(55)48-35)38(40(52)47-34-18-10-11-19-36(34)58-6)39-46-33-22-21-30(49-59(56,57)37-20-12-9-16-32(37)45)26-31(33)42(54)51(39)27-44(51,25-23-29(4)5)24-14-13-15-28(2)3/h9-12,16,18-22,26,28-29,35,38,49H,7-8,13-15,17,23-25,27H2,1-6H3,(H-,47,48,52,55)/p+1. The highest BCUT2D eigenvalue weighted by Crippen LogP contribution is 2.56. The third-order valence-electron chi connectivity index (χ3n) is 11.7. The molecule has 0 aromatic heterocycles. The second-order valence-electron chi connectivity index (χ2n) is 16.8. The van der Waals surface area contributed by atoms with E-state index in [1.54, 1.807) is 36.4 Å². The summed E-state index contributed by atoms with van der Waals surface area (Å²) < 4.78 is 34.8. The molecule has 2 saturated heterocycles. The van der Waals surface area contributed by atoms with Crippen molar-refractivity contribution in [3.05, 3.63) is 77.3 Å². The summed E-state index contributed by atoms with van der Waals surface area (Å²) >= 11 is 6.27. The number of urea groups is 1. The first kappa shape index (κ1) is 43.8. The molecule has 3 heterocycles. The Kier molecular flexibility index (Phi) is 13.2. The number of rotatable bonds is 19. The number of carbonyl (C=O) groups excluding carboxylic acids is 4. The minimum Gasteiger partial charge on any atom is -0.495 e. The number of aliphatic imine (C=N–C) groups is 1. The molecule has 3 aliphatic rings. The van der Waals surface area contributed by atoms with Crippen LogP contribution in [0.2, 0.25) is 5.02 Å². The Labute approximate surface area is 352 Å². The smallest absolute Gasteiger partial charge is 0.355 e. The summed E-state index contributed by atoms with van der Waals surface area (Å²) in [4.78, 5) is 64.8. The van der Waals surface area contributed by atoms with E-state index in [0.29, 0.717) is 43.0 Å². The molecule has 5 amide bonds. The molecule has 0 aliphatic carbocycles. The first-order chi connectivity index (χ1) is 28.1. The number of fused-ring (bicyclic) bond motifs is 1. The maximum absolute atomic E-state index is 15.6. The fourth-order valence-corrected chi connectivity index (χ4v) is 10.0. The van der Waals surface area contributed by atoms with Gasteiger partial charge in [0.1, 0.15) is 28.8 Å². The molecule has 13 nitrogen and oxygen atoms in total. The molecular weight excluding hydrogens is 792 g/mol. The van der Waals surface area contributed by atoms with Crippen LogP contribution >= 0.6 is 11.6 Å². The molecule has 3 aliphatic heterocycles. The number of carbonyl (C=O) groups is 4. The van der Waals surface area contributed by atoms with Crippen LogP contribution < -0.4 is 20.1 Å². The molecule has 3 aromatic carbocycles. The second-order valence-corrected chi connectivity index (χ2v) is 18.8. The second kappa shape index (κ2) is 17.8. The molecule has 0 bridgehead atoms. The first-order valence-electron chi connectivity index (χ1n) is 20.6. The fourth-order valence-electron chi connectivity index (χ4n) is 8.47. The lowest BCUT2D eigenvalue weighted by Gasteiger charge is -2.34. The molecule has 6 rings (SSSR count). The van der Waals surface area contributed by atoms with Crippen LogP contribution in [0.25, 0.3) is 0 Å². The Bertz CT molecular complexity index is 2250. The lowest BCUT2D eigenvalue weighted by atomic mass is 9.90. The van der Waals surface area contributed by atoms with E-state index in [0.717, 1.165) is 37.0 Å². The van der Waals surface area contributed by atoms with Gasteiger partial charge >= 0.3 is 11.9 Å². The third-order valence-corrected chi connectivity index (χ3v) is 13.6. The third kappa shape index (κ3) is 8.76. The van der Waals surface area contributed by atoms with Crippen molar-refractivity contribution in [2.75, 3.05) is 23.7 Å². The van der Waals surface area contributed by atoms with Gasteiger partial charge < -0.3 is 15.4 Å². The quantitative estimate of drug-likeness (QED) is 0.0471. The molecule has 1 spiro atoms. The Morgan fingerprint density at radius 2 is 1.69 bits per heavy atom. The summed E-state index contributed by atoms with van der Waals surface area (Å²) in [6.07, 6.45) is 6.60. The Morgan fingerprint density at radius 1 is 0.983 bits per heavy atom. The van der Waals surface area contributed by atoms with Gasteiger partial charge in [0.2, 0.25) is 11.9 Å². The van der Waals surface area contributed by atoms with E-state index in [9.17, 15) is 22.8 Å². The number of amidine groups is 1. The lowest BCUT2D eigenvalue weighted by molar-refractivity contribution is -0.648. The summed E-state index contributed by atoms with van der Waals surface area (Å²) in [5.74, 6) is -0.470. The summed E-state index contributed by atoms with van der Waals surface area (Å²) in [6.45, 7) is 10.9. The molecule has 15 heteroatoms. The summed E-state index contributed by atoms with van der Waals surface area (Å²) in [5.41, 5.74) is 0.0624. The van der Waals surface area contributed by atoms with Crippen molar-refractivity contribution in [1.82, 2.24) is 10.2 Å². The van der Waals surface area contributed by atoms with Crippen LogP contribution in [0, 0.1) is 11.8 Å². The molecule has 4 atom stereocenters. The van der Waals surface area contributed by atoms with E-state index < -0.39 is 45.5 Å². The van der Waals surface area contributed by atoms with Crippen LogP contribution in [0.1, 0.15) is 103 Å². The SMILES string of the molecule is CCCCC1NC(=O)N(C(C(=O)Nc2ccccc2OC)C2=Nc3ccc(NS(=O)(=O)c4ccccc4Cl)cc3C(=O)[N+]23CC3(CCCCC(C)C)CCC(C)C)C1=O. The number of sulfonamides is 1. The van der Waals surface area contributed by atoms with Gasteiger partial charge in [-0.05, 0) is 73.6 Å². The zero-order chi connectivity index (χ0) is 42.7. The average Bonchev–Trinajstić information content (AvgIpc) is 3.77. The first-order valence-corrected chi connectivity index (χ1v) is 22.5. The summed E-state index contributed by atoms with van der Waals surface area (Å²) in [6, 6.07) is 14.1. The summed E-state index contributed by atoms with van der Waals surface area (Å²) in [5, 5.41) is 5.75. The van der Waals surface area contributed by atoms with E-state index in [2.05, 4.69) is 43.1 Å². The molecule has 3 N–H and O–H groups in total. The zero-order valence-corrected chi connectivity index (χ0v) is 36.3. The minimum atomic E-state index is -4.16. The summed E-state index contributed by atoms with van der Waals surface area (Å²) in [7, 11) is -2.68. The molecule has 4 unspecified atom stereocenters. The largest absolute Gasteiger partial charge is 0.495 e. The van der Waals surface area contributed by atoms with Crippen molar-refractivity contribution in [1.29, 1.82) is 0 Å². The number of ether oxygens (including phenoxy) is 1. The van der Waals surface area contributed by atoms with Gasteiger partial charge in [-0.1, -0.05) is 96.2 Å². The number of imide groups is 1. The number of para-hydroxylation sites is 2. The molecule has 0 saturated carbocycles. The van der Waals surface area contributed by atoms with Gasteiger partial charge in [-0.15, -0.1) is 0 Å². The van der Waals surface area contributed by atoms with Gasteiger partial charge in [-0.2, -0.15) is 9.48 Å². The number of quaternary nitrogens is 1. The van der Waals surface area contributed by atoms with Gasteiger partial charge in [-0.25, -0.2) is 22.9 Å². The van der Waals surface area contributed by atoms with Crippen molar-refractivity contribution in [2.24, 2.45) is 16.8 Å². The van der Waals surface area contributed by atoms with Crippen LogP contribution in [0.15, 0.2) is 76.6 Å². The van der Waals surface area contributed by atoms with Crippen molar-refractivity contribution >= 4 is 68.3 Å². The fraction of sp³-hybridized carbons (Fsp3) is 0.477. The monoisotopic (exact) mass is 847 g/mol. The maximum atomic E-state index is 15.6. The molecule has 59 heavy (non-hydrogen) atoms.